The van der Waals surface area contributed by atoms with Gasteiger partial charge in [0.25, 0.3) is 0 Å². The Labute approximate surface area is 104 Å². The van der Waals surface area contributed by atoms with Crippen molar-refractivity contribution in [1.29, 1.82) is 0 Å². The average molecular weight is 233 g/mol. The van der Waals surface area contributed by atoms with Crippen LogP contribution in [0.1, 0.15) is 63.6 Å². The first-order valence-corrected chi connectivity index (χ1v) is 6.97. The van der Waals surface area contributed by atoms with Crippen molar-refractivity contribution < 1.29 is 0 Å². The minimum Gasteiger partial charge on any atom is -0.370 e. The molecule has 0 aromatic carbocycles. The van der Waals surface area contributed by atoms with Crippen molar-refractivity contribution in [2.24, 2.45) is 0 Å². The molecule has 2 rings (SSSR count). The van der Waals surface area contributed by atoms with Gasteiger partial charge in [-0.1, -0.05) is 32.1 Å². The summed E-state index contributed by atoms with van der Waals surface area (Å²) in [6.45, 7) is 3.01. The molecule has 94 valence electrons. The van der Waals surface area contributed by atoms with Crippen LogP contribution < -0.4 is 5.32 Å². The number of anilines is 1. The zero-order valence-corrected chi connectivity index (χ0v) is 10.8. The van der Waals surface area contributed by atoms with Crippen molar-refractivity contribution in [1.82, 2.24) is 9.97 Å². The number of rotatable bonds is 3. The molecule has 0 saturated heterocycles. The Bertz CT molecular complexity index is 330. The maximum atomic E-state index is 4.64. The lowest BCUT2D eigenvalue weighted by molar-refractivity contribution is 0.442. The van der Waals surface area contributed by atoms with Gasteiger partial charge in [-0.2, -0.15) is 0 Å². The predicted octanol–water partition coefficient (Wildman–Crippen LogP) is 3.74. The molecule has 1 saturated carbocycles. The van der Waals surface area contributed by atoms with Gasteiger partial charge < -0.3 is 5.32 Å². The van der Waals surface area contributed by atoms with E-state index in [1.165, 1.54) is 44.9 Å². The Kier molecular flexibility index (Phi) is 4.77. The van der Waals surface area contributed by atoms with Crippen LogP contribution in [0.2, 0.25) is 0 Å². The summed E-state index contributed by atoms with van der Waals surface area (Å²) in [5.74, 6) is 2.60. The van der Waals surface area contributed by atoms with Crippen LogP contribution >= 0.6 is 0 Å². The highest BCUT2D eigenvalue weighted by Crippen LogP contribution is 2.29. The summed E-state index contributed by atoms with van der Waals surface area (Å²) >= 11 is 0. The van der Waals surface area contributed by atoms with Gasteiger partial charge in [-0.05, 0) is 25.8 Å². The monoisotopic (exact) mass is 233 g/mol. The minimum atomic E-state index is 0.578. The standard InChI is InChI=1S/C14H23N3/c1-2-15-13-10-11-16-14(17-13)12-8-6-4-3-5-7-9-12/h10-12H,2-9H2,1H3,(H,15,16,17). The van der Waals surface area contributed by atoms with Gasteiger partial charge in [0.15, 0.2) is 0 Å². The maximum Gasteiger partial charge on any atom is 0.133 e. The molecule has 0 atom stereocenters. The summed E-state index contributed by atoms with van der Waals surface area (Å²) in [6.07, 6.45) is 11.2. The molecule has 0 spiro atoms. The predicted molar refractivity (Wildman–Crippen MR) is 71.3 cm³/mol. The van der Waals surface area contributed by atoms with E-state index in [9.17, 15) is 0 Å². The average Bonchev–Trinajstić information content (AvgIpc) is 2.29. The SMILES string of the molecule is CCNc1ccnc(C2CCCCCCC2)n1. The van der Waals surface area contributed by atoms with Gasteiger partial charge in [-0.25, -0.2) is 9.97 Å². The van der Waals surface area contributed by atoms with E-state index >= 15 is 0 Å². The van der Waals surface area contributed by atoms with E-state index in [0.717, 1.165) is 18.2 Å². The summed E-state index contributed by atoms with van der Waals surface area (Å²) < 4.78 is 0. The molecule has 17 heavy (non-hydrogen) atoms. The van der Waals surface area contributed by atoms with Crippen molar-refractivity contribution >= 4 is 5.82 Å². The number of hydrogen-bond donors (Lipinski definition) is 1. The van der Waals surface area contributed by atoms with E-state index < -0.39 is 0 Å². The normalized spacial score (nSPS) is 18.4. The lowest BCUT2D eigenvalue weighted by atomic mass is 9.90. The van der Waals surface area contributed by atoms with E-state index in [4.69, 9.17) is 0 Å². The van der Waals surface area contributed by atoms with Crippen LogP contribution in [-0.4, -0.2) is 16.5 Å². The van der Waals surface area contributed by atoms with E-state index in [1.807, 2.05) is 12.3 Å². The second-order valence-electron chi connectivity index (χ2n) is 4.87. The van der Waals surface area contributed by atoms with Crippen molar-refractivity contribution in [3.05, 3.63) is 18.1 Å². The third-order valence-electron chi connectivity index (χ3n) is 3.50. The minimum absolute atomic E-state index is 0.578. The highest BCUT2D eigenvalue weighted by Gasteiger charge is 2.16. The largest absolute Gasteiger partial charge is 0.370 e. The topological polar surface area (TPSA) is 37.8 Å². The Balaban J connectivity index is 2.05. The van der Waals surface area contributed by atoms with Crippen LogP contribution in [0.15, 0.2) is 12.3 Å². The third kappa shape index (κ3) is 3.69. The van der Waals surface area contributed by atoms with Crippen LogP contribution in [0.25, 0.3) is 0 Å². The number of aromatic nitrogens is 2. The molecule has 1 fully saturated rings. The molecular formula is C14H23N3. The fraction of sp³-hybridized carbons (Fsp3) is 0.714. The molecule has 1 aromatic heterocycles. The lowest BCUT2D eigenvalue weighted by Crippen LogP contribution is -2.09. The van der Waals surface area contributed by atoms with Gasteiger partial charge in [0.2, 0.25) is 0 Å². The van der Waals surface area contributed by atoms with Crippen molar-refractivity contribution in [3.8, 4) is 0 Å². The molecule has 1 aliphatic carbocycles. The second kappa shape index (κ2) is 6.58. The molecule has 1 heterocycles. The molecule has 0 bridgehead atoms. The van der Waals surface area contributed by atoms with E-state index in [1.54, 1.807) is 0 Å². The smallest absolute Gasteiger partial charge is 0.133 e. The Morgan fingerprint density at radius 1 is 1.18 bits per heavy atom. The van der Waals surface area contributed by atoms with E-state index in [0.29, 0.717) is 5.92 Å². The van der Waals surface area contributed by atoms with Crippen LogP contribution in [0.4, 0.5) is 5.82 Å². The van der Waals surface area contributed by atoms with Gasteiger partial charge in [0.1, 0.15) is 11.6 Å². The first-order valence-electron chi connectivity index (χ1n) is 6.97. The highest BCUT2D eigenvalue weighted by molar-refractivity contribution is 5.32. The van der Waals surface area contributed by atoms with Gasteiger partial charge in [-0.15, -0.1) is 0 Å². The molecule has 3 nitrogen and oxygen atoms in total. The van der Waals surface area contributed by atoms with Gasteiger partial charge in [0, 0.05) is 18.7 Å². The van der Waals surface area contributed by atoms with E-state index in [-0.39, 0.29) is 0 Å². The molecule has 3 heteroatoms. The maximum absolute atomic E-state index is 4.64. The van der Waals surface area contributed by atoms with Gasteiger partial charge in [0.05, 0.1) is 0 Å². The van der Waals surface area contributed by atoms with Gasteiger partial charge >= 0.3 is 0 Å². The number of nitrogens with one attached hydrogen (secondary N) is 1. The molecule has 1 aromatic rings. The zero-order chi connectivity index (χ0) is 11.9. The van der Waals surface area contributed by atoms with E-state index in [2.05, 4.69) is 22.2 Å². The van der Waals surface area contributed by atoms with Crippen molar-refractivity contribution in [3.63, 3.8) is 0 Å². The summed E-state index contributed by atoms with van der Waals surface area (Å²) in [4.78, 5) is 9.10. The molecule has 0 unspecified atom stereocenters. The fourth-order valence-corrected chi connectivity index (χ4v) is 2.56. The zero-order valence-electron chi connectivity index (χ0n) is 10.8. The summed E-state index contributed by atoms with van der Waals surface area (Å²) in [6, 6.07) is 1.95. The first kappa shape index (κ1) is 12.3. The summed E-state index contributed by atoms with van der Waals surface area (Å²) in [7, 11) is 0. The van der Waals surface area contributed by atoms with Crippen LogP contribution in [-0.2, 0) is 0 Å². The fourth-order valence-electron chi connectivity index (χ4n) is 2.56. The van der Waals surface area contributed by atoms with Crippen LogP contribution in [0.5, 0.6) is 0 Å². The molecule has 0 amide bonds. The Morgan fingerprint density at radius 3 is 2.59 bits per heavy atom. The summed E-state index contributed by atoms with van der Waals surface area (Å²) in [5.41, 5.74) is 0. The van der Waals surface area contributed by atoms with Crippen LogP contribution in [0, 0.1) is 0 Å². The quantitative estimate of drug-likeness (QED) is 0.864. The highest BCUT2D eigenvalue weighted by atomic mass is 15.0. The molecule has 1 N–H and O–H groups in total. The summed E-state index contributed by atoms with van der Waals surface area (Å²) in [5, 5.41) is 3.26. The molecular weight excluding hydrogens is 210 g/mol. The molecule has 0 radical (unpaired) electrons. The van der Waals surface area contributed by atoms with Gasteiger partial charge in [-0.3, -0.25) is 0 Å². The van der Waals surface area contributed by atoms with Crippen molar-refractivity contribution in [2.45, 2.75) is 57.8 Å². The Morgan fingerprint density at radius 2 is 1.88 bits per heavy atom. The number of hydrogen-bond acceptors (Lipinski definition) is 3. The number of nitrogens with zero attached hydrogens (tertiary/aromatic N) is 2. The third-order valence-corrected chi connectivity index (χ3v) is 3.50. The molecule has 0 aliphatic heterocycles. The second-order valence-corrected chi connectivity index (χ2v) is 4.87. The van der Waals surface area contributed by atoms with Crippen LogP contribution in [0.3, 0.4) is 0 Å². The van der Waals surface area contributed by atoms with Crippen molar-refractivity contribution in [2.75, 3.05) is 11.9 Å². The first-order chi connectivity index (χ1) is 8.40. The lowest BCUT2D eigenvalue weighted by Gasteiger charge is -2.18. The molecule has 1 aliphatic rings. The Hall–Kier alpha value is -1.12.